The molecule has 172 valence electrons. The highest BCUT2D eigenvalue weighted by atomic mass is 16.5. The minimum atomic E-state index is -0.0675. The smallest absolute Gasteiger partial charge is 0.270 e. The first-order valence-corrected chi connectivity index (χ1v) is 12.2. The van der Waals surface area contributed by atoms with Crippen LogP contribution in [-0.4, -0.2) is 91.3 Å². The molecule has 0 bridgehead atoms. The Labute approximate surface area is 187 Å². The summed E-state index contributed by atoms with van der Waals surface area (Å²) in [5, 5.41) is 3.13. The fourth-order valence-corrected chi connectivity index (χ4v) is 5.13. The van der Waals surface area contributed by atoms with E-state index in [1.807, 2.05) is 18.2 Å². The van der Waals surface area contributed by atoms with Gasteiger partial charge in [0.05, 0.1) is 0 Å². The van der Waals surface area contributed by atoms with Crippen molar-refractivity contribution < 1.29 is 9.53 Å². The monoisotopic (exact) mass is 429 g/mol. The van der Waals surface area contributed by atoms with E-state index in [9.17, 15) is 4.79 Å². The molecule has 1 amide bonds. The van der Waals surface area contributed by atoms with E-state index in [-0.39, 0.29) is 11.9 Å². The lowest BCUT2D eigenvalue weighted by Gasteiger charge is -2.39. The lowest BCUT2D eigenvalue weighted by atomic mass is 10.0. The molecule has 4 heterocycles. The summed E-state index contributed by atoms with van der Waals surface area (Å²) in [5.41, 5.74) is 0.520. The Morgan fingerprint density at radius 3 is 2.55 bits per heavy atom. The van der Waals surface area contributed by atoms with Gasteiger partial charge in [-0.2, -0.15) is 0 Å². The van der Waals surface area contributed by atoms with Gasteiger partial charge in [0.2, 0.25) is 0 Å². The zero-order valence-corrected chi connectivity index (χ0v) is 19.3. The number of nitrogens with zero attached hydrogens (tertiary/aromatic N) is 4. The number of rotatable bonds is 5. The van der Waals surface area contributed by atoms with Gasteiger partial charge in [0.25, 0.3) is 5.91 Å². The summed E-state index contributed by atoms with van der Waals surface area (Å²) in [6.45, 7) is 12.7. The van der Waals surface area contributed by atoms with Crippen molar-refractivity contribution in [2.24, 2.45) is 0 Å². The molecule has 0 aromatic carbocycles. The second kappa shape index (κ2) is 10.7. The number of pyridine rings is 1. The summed E-state index contributed by atoms with van der Waals surface area (Å²) in [7, 11) is 0. The third kappa shape index (κ3) is 5.96. The van der Waals surface area contributed by atoms with Gasteiger partial charge in [0.1, 0.15) is 11.5 Å². The van der Waals surface area contributed by atoms with Gasteiger partial charge in [-0.3, -0.25) is 9.69 Å². The van der Waals surface area contributed by atoms with Crippen LogP contribution in [0.3, 0.4) is 0 Å². The average Bonchev–Trinajstić information content (AvgIpc) is 3.06. The van der Waals surface area contributed by atoms with Crippen LogP contribution in [0, 0.1) is 0 Å². The Hall–Kier alpha value is -1.70. The summed E-state index contributed by atoms with van der Waals surface area (Å²) >= 11 is 0. The molecule has 7 nitrogen and oxygen atoms in total. The largest absolute Gasteiger partial charge is 0.381 e. The number of piperidine rings is 1. The number of amides is 1. The normalized spacial score (nSPS) is 23.1. The highest BCUT2D eigenvalue weighted by molar-refractivity contribution is 5.92. The van der Waals surface area contributed by atoms with Crippen molar-refractivity contribution >= 4 is 11.7 Å². The molecule has 3 aliphatic rings. The minimum absolute atomic E-state index is 0.0675. The van der Waals surface area contributed by atoms with Crippen molar-refractivity contribution in [3.63, 3.8) is 0 Å². The van der Waals surface area contributed by atoms with Crippen molar-refractivity contribution in [1.29, 1.82) is 0 Å². The summed E-state index contributed by atoms with van der Waals surface area (Å²) in [6.07, 6.45) is 5.45. The number of anilines is 1. The predicted octanol–water partition coefficient (Wildman–Crippen LogP) is 2.38. The van der Waals surface area contributed by atoms with Crippen LogP contribution in [-0.2, 0) is 4.74 Å². The zero-order chi connectivity index (χ0) is 21.6. The lowest BCUT2D eigenvalue weighted by Crippen LogP contribution is -2.47. The Morgan fingerprint density at radius 1 is 1.03 bits per heavy atom. The van der Waals surface area contributed by atoms with Crippen LogP contribution >= 0.6 is 0 Å². The first-order chi connectivity index (χ1) is 15.1. The van der Waals surface area contributed by atoms with Gasteiger partial charge in [-0.1, -0.05) is 6.07 Å². The number of hydrogen-bond donors (Lipinski definition) is 1. The quantitative estimate of drug-likeness (QED) is 0.776. The number of carbonyl (C=O) groups is 1. The molecule has 4 rings (SSSR count). The molecule has 0 unspecified atom stereocenters. The maximum absolute atomic E-state index is 12.7. The summed E-state index contributed by atoms with van der Waals surface area (Å²) in [6, 6.07) is 7.39. The Balaban J connectivity index is 1.32. The second-order valence-corrected chi connectivity index (χ2v) is 9.48. The third-order valence-electron chi connectivity index (χ3n) is 7.12. The van der Waals surface area contributed by atoms with Crippen LogP contribution in [0.15, 0.2) is 18.2 Å². The molecule has 3 aliphatic heterocycles. The van der Waals surface area contributed by atoms with Gasteiger partial charge in [0, 0.05) is 57.5 Å². The van der Waals surface area contributed by atoms with Crippen molar-refractivity contribution in [3.05, 3.63) is 23.9 Å². The Bertz CT molecular complexity index is 714. The van der Waals surface area contributed by atoms with Crippen LogP contribution in [0.25, 0.3) is 0 Å². The van der Waals surface area contributed by atoms with E-state index in [1.165, 1.54) is 25.9 Å². The molecule has 1 aromatic rings. The SMILES string of the molecule is CC(C)N1CCC(N2CCCN(c3cccc(C(=O)NC4CCOCC4)n3)CC2)CC1. The molecule has 31 heavy (non-hydrogen) atoms. The van der Waals surface area contributed by atoms with Gasteiger partial charge >= 0.3 is 0 Å². The molecule has 0 atom stereocenters. The van der Waals surface area contributed by atoms with E-state index in [0.29, 0.717) is 17.8 Å². The molecular weight excluding hydrogens is 390 g/mol. The highest BCUT2D eigenvalue weighted by Crippen LogP contribution is 2.21. The fourth-order valence-electron chi connectivity index (χ4n) is 5.13. The van der Waals surface area contributed by atoms with Crippen molar-refractivity contribution in [3.8, 4) is 0 Å². The number of nitrogens with one attached hydrogen (secondary N) is 1. The second-order valence-electron chi connectivity index (χ2n) is 9.48. The van der Waals surface area contributed by atoms with Crippen molar-refractivity contribution in [2.75, 3.05) is 57.4 Å². The van der Waals surface area contributed by atoms with Crippen LogP contribution in [0.2, 0.25) is 0 Å². The van der Waals surface area contributed by atoms with Gasteiger partial charge in [-0.15, -0.1) is 0 Å². The number of likely N-dealkylation sites (tertiary alicyclic amines) is 1. The summed E-state index contributed by atoms with van der Waals surface area (Å²) in [5.74, 6) is 0.859. The molecular formula is C24H39N5O2. The summed E-state index contributed by atoms with van der Waals surface area (Å²) in [4.78, 5) is 25.1. The van der Waals surface area contributed by atoms with Crippen LogP contribution in [0.5, 0.6) is 0 Å². The first-order valence-electron chi connectivity index (χ1n) is 12.2. The van der Waals surface area contributed by atoms with Gasteiger partial charge in [-0.25, -0.2) is 4.98 Å². The maximum Gasteiger partial charge on any atom is 0.270 e. The molecule has 1 aromatic heterocycles. The first kappa shape index (κ1) is 22.5. The fraction of sp³-hybridized carbons (Fsp3) is 0.750. The van der Waals surface area contributed by atoms with E-state index in [2.05, 4.69) is 33.9 Å². The molecule has 1 N–H and O–H groups in total. The maximum atomic E-state index is 12.7. The third-order valence-corrected chi connectivity index (χ3v) is 7.12. The van der Waals surface area contributed by atoms with E-state index in [4.69, 9.17) is 9.72 Å². The van der Waals surface area contributed by atoms with Crippen molar-refractivity contribution in [1.82, 2.24) is 20.1 Å². The molecule has 0 saturated carbocycles. The number of hydrogen-bond acceptors (Lipinski definition) is 6. The number of ether oxygens (including phenoxy) is 1. The van der Waals surface area contributed by atoms with Crippen molar-refractivity contribution in [2.45, 2.75) is 64.1 Å². The number of aromatic nitrogens is 1. The average molecular weight is 430 g/mol. The highest BCUT2D eigenvalue weighted by Gasteiger charge is 2.27. The van der Waals surface area contributed by atoms with Crippen LogP contribution < -0.4 is 10.2 Å². The lowest BCUT2D eigenvalue weighted by molar-refractivity contribution is 0.0694. The van der Waals surface area contributed by atoms with E-state index in [0.717, 1.165) is 64.5 Å². The number of carbonyl (C=O) groups excluding carboxylic acids is 1. The predicted molar refractivity (Wildman–Crippen MR) is 124 cm³/mol. The molecule has 0 spiro atoms. The van der Waals surface area contributed by atoms with Gasteiger partial charge < -0.3 is 19.9 Å². The zero-order valence-electron chi connectivity index (χ0n) is 19.3. The molecule has 7 heteroatoms. The minimum Gasteiger partial charge on any atom is -0.381 e. The topological polar surface area (TPSA) is 60.9 Å². The van der Waals surface area contributed by atoms with E-state index in [1.54, 1.807) is 0 Å². The summed E-state index contributed by atoms with van der Waals surface area (Å²) < 4.78 is 5.39. The molecule has 3 fully saturated rings. The Kier molecular flexibility index (Phi) is 7.80. The Morgan fingerprint density at radius 2 is 1.81 bits per heavy atom. The van der Waals surface area contributed by atoms with E-state index < -0.39 is 0 Å². The van der Waals surface area contributed by atoms with Gasteiger partial charge in [-0.05, 0) is 71.2 Å². The standard InChI is InChI=1S/C24H39N5O2/c1-19(2)27-13-7-21(8-14-27)28-11-4-12-29(16-15-28)23-6-3-5-22(26-23)24(30)25-20-9-17-31-18-10-20/h3,5-6,19-21H,4,7-18H2,1-2H3,(H,25,30). The van der Waals surface area contributed by atoms with Crippen LogP contribution in [0.4, 0.5) is 5.82 Å². The molecule has 3 saturated heterocycles. The van der Waals surface area contributed by atoms with E-state index >= 15 is 0 Å². The van der Waals surface area contributed by atoms with Crippen LogP contribution in [0.1, 0.15) is 56.4 Å². The molecule has 0 aliphatic carbocycles. The van der Waals surface area contributed by atoms with Gasteiger partial charge in [0.15, 0.2) is 0 Å². The molecule has 0 radical (unpaired) electrons.